The Hall–Kier alpha value is -3.15. The molecule has 0 saturated carbocycles. The number of rotatable bonds is 6. The molecule has 0 spiro atoms. The van der Waals surface area contributed by atoms with Crippen LogP contribution in [0.1, 0.15) is 35.7 Å². The van der Waals surface area contributed by atoms with E-state index < -0.39 is 6.89 Å². The lowest BCUT2D eigenvalue weighted by molar-refractivity contribution is 0.107. The second kappa shape index (κ2) is 9.33. The molecule has 0 unspecified atom stereocenters. The molecule has 4 rings (SSSR count). The molecule has 0 aliphatic heterocycles. The highest BCUT2D eigenvalue weighted by Crippen LogP contribution is 2.43. The van der Waals surface area contributed by atoms with Gasteiger partial charge in [0.25, 0.3) is 0 Å². The van der Waals surface area contributed by atoms with Crippen molar-refractivity contribution in [1.82, 2.24) is 0 Å². The molecule has 0 bridgehead atoms. The van der Waals surface area contributed by atoms with Crippen molar-refractivity contribution in [1.29, 1.82) is 0 Å². The van der Waals surface area contributed by atoms with Gasteiger partial charge >= 0.3 is 0 Å². The summed E-state index contributed by atoms with van der Waals surface area (Å²) in [6, 6.07) is 39.4. The van der Waals surface area contributed by atoms with Gasteiger partial charge in [0.1, 0.15) is 0 Å². The SMILES string of the molecule is CC(C)c1ccc(C(=O)C=P(c2ccccc2)(c2ccccc2)c2ccccc2)cc1. The fraction of sp³-hybridized carbons (Fsp3) is 0.103. The summed E-state index contributed by atoms with van der Waals surface area (Å²) in [4.78, 5) is 13.6. The maximum absolute atomic E-state index is 13.6. The molecule has 31 heavy (non-hydrogen) atoms. The minimum atomic E-state index is -2.28. The molecule has 0 amide bonds. The van der Waals surface area contributed by atoms with Gasteiger partial charge in [-0.25, -0.2) is 0 Å². The smallest absolute Gasteiger partial charge is 0.186 e. The van der Waals surface area contributed by atoms with E-state index in [1.54, 1.807) is 0 Å². The van der Waals surface area contributed by atoms with Gasteiger partial charge in [0.15, 0.2) is 5.78 Å². The van der Waals surface area contributed by atoms with Crippen LogP contribution in [0.3, 0.4) is 0 Å². The average Bonchev–Trinajstić information content (AvgIpc) is 2.84. The van der Waals surface area contributed by atoms with E-state index in [1.165, 1.54) is 21.5 Å². The third-order valence-electron chi connectivity index (χ3n) is 5.66. The maximum Gasteiger partial charge on any atom is 0.186 e. The quantitative estimate of drug-likeness (QED) is 0.284. The summed E-state index contributed by atoms with van der Waals surface area (Å²) >= 11 is 0. The lowest BCUT2D eigenvalue weighted by atomic mass is 10.0. The van der Waals surface area contributed by atoms with E-state index in [1.807, 2.05) is 36.1 Å². The second-order valence-corrected chi connectivity index (χ2v) is 11.3. The Morgan fingerprint density at radius 2 is 1.00 bits per heavy atom. The van der Waals surface area contributed by atoms with Crippen LogP contribution in [-0.2, 0) is 0 Å². The Bertz CT molecular complexity index is 1090. The van der Waals surface area contributed by atoms with Crippen LogP contribution in [-0.4, -0.2) is 11.6 Å². The molecule has 0 heterocycles. The van der Waals surface area contributed by atoms with Gasteiger partial charge in [-0.3, -0.25) is 4.79 Å². The van der Waals surface area contributed by atoms with Crippen molar-refractivity contribution in [2.24, 2.45) is 0 Å². The summed E-state index contributed by atoms with van der Waals surface area (Å²) in [6.45, 7) is 2.05. The van der Waals surface area contributed by atoms with Crippen molar-refractivity contribution in [3.63, 3.8) is 0 Å². The number of ketones is 1. The molecule has 0 aliphatic carbocycles. The largest absolute Gasteiger partial charge is 0.289 e. The first kappa shape index (κ1) is 21.1. The first-order chi connectivity index (χ1) is 15.1. The van der Waals surface area contributed by atoms with Gasteiger partial charge in [-0.1, -0.05) is 129 Å². The van der Waals surface area contributed by atoms with E-state index in [4.69, 9.17) is 0 Å². The van der Waals surface area contributed by atoms with Crippen molar-refractivity contribution in [3.05, 3.63) is 126 Å². The van der Waals surface area contributed by atoms with E-state index in [0.29, 0.717) is 5.92 Å². The van der Waals surface area contributed by atoms with Crippen LogP contribution in [0.2, 0.25) is 0 Å². The van der Waals surface area contributed by atoms with Crippen molar-refractivity contribution in [2.75, 3.05) is 0 Å². The molecule has 0 aliphatic rings. The van der Waals surface area contributed by atoms with Gasteiger partial charge in [-0.2, -0.15) is 0 Å². The Kier molecular flexibility index (Phi) is 6.35. The highest BCUT2D eigenvalue weighted by atomic mass is 31.2. The number of benzene rings is 4. The van der Waals surface area contributed by atoms with Gasteiger partial charge in [0, 0.05) is 5.56 Å². The molecular weight excluding hydrogens is 395 g/mol. The minimum Gasteiger partial charge on any atom is -0.289 e. The molecular formula is C29H27OP. The Morgan fingerprint density at radius 3 is 1.35 bits per heavy atom. The van der Waals surface area contributed by atoms with E-state index in [-0.39, 0.29) is 5.78 Å². The normalized spacial score (nSPS) is 11.3. The zero-order valence-corrected chi connectivity index (χ0v) is 18.9. The fourth-order valence-corrected chi connectivity index (χ4v) is 7.71. The van der Waals surface area contributed by atoms with Gasteiger partial charge in [0.2, 0.25) is 0 Å². The molecule has 0 fully saturated rings. The maximum atomic E-state index is 13.6. The highest BCUT2D eigenvalue weighted by molar-refractivity contribution is 7.95. The van der Waals surface area contributed by atoms with Gasteiger partial charge in [0.05, 0.1) is 0 Å². The highest BCUT2D eigenvalue weighted by Gasteiger charge is 2.26. The summed E-state index contributed by atoms with van der Waals surface area (Å²) in [5.74, 6) is 2.51. The molecule has 4 aromatic rings. The Labute approximate surface area is 185 Å². The molecule has 1 nitrogen and oxygen atoms in total. The zero-order valence-electron chi connectivity index (χ0n) is 18.0. The molecule has 0 radical (unpaired) electrons. The minimum absolute atomic E-state index is 0.0696. The summed E-state index contributed by atoms with van der Waals surface area (Å²) in [5, 5.41) is 3.54. The van der Waals surface area contributed by atoms with E-state index >= 15 is 0 Å². The monoisotopic (exact) mass is 422 g/mol. The van der Waals surface area contributed by atoms with Crippen LogP contribution in [0, 0.1) is 0 Å². The molecule has 0 atom stereocenters. The number of hydrogen-bond acceptors (Lipinski definition) is 1. The van der Waals surface area contributed by atoms with Gasteiger partial charge < -0.3 is 0 Å². The lowest BCUT2D eigenvalue weighted by Crippen LogP contribution is -2.28. The molecule has 2 heteroatoms. The average molecular weight is 423 g/mol. The second-order valence-electron chi connectivity index (χ2n) is 8.00. The van der Waals surface area contributed by atoms with E-state index in [2.05, 4.69) is 98.8 Å². The predicted octanol–water partition coefficient (Wildman–Crippen LogP) is 5.79. The zero-order chi connectivity index (χ0) is 21.7. The van der Waals surface area contributed by atoms with Gasteiger partial charge in [-0.15, -0.1) is 0 Å². The number of hydrogen-bond donors (Lipinski definition) is 0. The number of carbonyl (C=O) groups excluding carboxylic acids is 1. The van der Waals surface area contributed by atoms with E-state index in [0.717, 1.165) is 5.56 Å². The van der Waals surface area contributed by atoms with E-state index in [9.17, 15) is 4.79 Å². The topological polar surface area (TPSA) is 17.1 Å². The van der Waals surface area contributed by atoms with Crippen LogP contribution in [0.15, 0.2) is 115 Å². The van der Waals surface area contributed by atoms with Crippen LogP contribution < -0.4 is 15.9 Å². The number of carbonyl (C=O) groups is 1. The van der Waals surface area contributed by atoms with Crippen molar-refractivity contribution in [2.45, 2.75) is 19.8 Å². The molecule has 0 N–H and O–H groups in total. The van der Waals surface area contributed by atoms with Gasteiger partial charge in [-0.05, 0) is 40.1 Å². The third-order valence-corrected chi connectivity index (χ3v) is 9.62. The number of Topliss-reactive ketones (excluding diaryl/α,β-unsaturated/α-hetero) is 1. The summed E-state index contributed by atoms with van der Waals surface area (Å²) in [7, 11) is 0. The lowest BCUT2D eigenvalue weighted by Gasteiger charge is -2.28. The molecule has 4 aromatic carbocycles. The summed E-state index contributed by atoms with van der Waals surface area (Å²) < 4.78 is 0. The molecule has 154 valence electrons. The third kappa shape index (κ3) is 4.33. The van der Waals surface area contributed by atoms with Crippen LogP contribution >= 0.6 is 6.89 Å². The van der Waals surface area contributed by atoms with Crippen molar-refractivity contribution >= 4 is 34.4 Å². The standard InChI is InChI=1S/C29H27OP/c1-23(2)24-18-20-25(21-19-24)29(30)22-31(26-12-6-3-7-13-26,27-14-8-4-9-15-27)28-16-10-5-11-17-28/h3-23H,1-2H3. The first-order valence-electron chi connectivity index (χ1n) is 10.7. The summed E-state index contributed by atoms with van der Waals surface area (Å²) in [6.07, 6.45) is 0. The van der Waals surface area contributed by atoms with Crippen LogP contribution in [0.5, 0.6) is 0 Å². The molecule has 0 saturated heterocycles. The first-order valence-corrected chi connectivity index (χ1v) is 12.5. The Balaban J connectivity index is 1.99. The van der Waals surface area contributed by atoms with Crippen molar-refractivity contribution < 1.29 is 4.79 Å². The van der Waals surface area contributed by atoms with Crippen LogP contribution in [0.25, 0.3) is 0 Å². The molecule has 0 aromatic heterocycles. The summed E-state index contributed by atoms with van der Waals surface area (Å²) in [5.41, 5.74) is 1.98. The van der Waals surface area contributed by atoms with Crippen LogP contribution in [0.4, 0.5) is 0 Å². The fourth-order valence-electron chi connectivity index (χ4n) is 3.94. The predicted molar refractivity (Wildman–Crippen MR) is 136 cm³/mol. The van der Waals surface area contributed by atoms with Crippen molar-refractivity contribution in [3.8, 4) is 0 Å². The Morgan fingerprint density at radius 1 is 0.613 bits per heavy atom.